The summed E-state index contributed by atoms with van der Waals surface area (Å²) in [5.41, 5.74) is 0.151. The van der Waals surface area contributed by atoms with E-state index in [-0.39, 0.29) is 5.54 Å². The molecule has 0 amide bonds. The number of thiocarbonyl (C=S) groups is 1. The Balaban J connectivity index is 2.66. The van der Waals surface area contributed by atoms with E-state index in [2.05, 4.69) is 37.5 Å². The first-order chi connectivity index (χ1) is 5.95. The molecule has 0 atom stereocenters. The topological polar surface area (TPSA) is 6.48 Å². The molecule has 0 bridgehead atoms. The molecule has 76 valence electrons. The first-order valence-electron chi connectivity index (χ1n) is 4.62. The van der Waals surface area contributed by atoms with Crippen molar-refractivity contribution >= 4 is 28.3 Å². The molecule has 1 rings (SSSR count). The van der Waals surface area contributed by atoms with Crippen LogP contribution in [-0.4, -0.2) is 38.7 Å². The minimum absolute atomic E-state index is 0.151. The fourth-order valence-corrected chi connectivity index (χ4v) is 2.73. The molecule has 0 unspecified atom stereocenters. The fraction of sp³-hybridized carbons (Fsp3) is 0.889. The van der Waals surface area contributed by atoms with Crippen LogP contribution in [0.1, 0.15) is 27.7 Å². The highest BCUT2D eigenvalue weighted by Crippen LogP contribution is 2.25. The highest BCUT2D eigenvalue weighted by atomic mass is 32.2. The van der Waals surface area contributed by atoms with Crippen LogP contribution in [0.5, 0.6) is 0 Å². The van der Waals surface area contributed by atoms with Gasteiger partial charge in [-0.25, -0.2) is 0 Å². The quantitative estimate of drug-likeness (QED) is 0.623. The van der Waals surface area contributed by atoms with Crippen LogP contribution in [0.2, 0.25) is 0 Å². The van der Waals surface area contributed by atoms with Crippen LogP contribution in [0.25, 0.3) is 0 Å². The summed E-state index contributed by atoms with van der Waals surface area (Å²) < 4.78 is 1.04. The molecule has 1 aliphatic rings. The second-order valence-electron chi connectivity index (χ2n) is 4.27. The van der Waals surface area contributed by atoms with E-state index < -0.39 is 0 Å². The predicted octanol–water partition coefficient (Wildman–Crippen LogP) is 2.36. The summed E-state index contributed by atoms with van der Waals surface area (Å²) in [6, 6.07) is 0. The van der Waals surface area contributed by atoms with Gasteiger partial charge in [-0.05, 0) is 27.3 Å². The number of rotatable bonds is 1. The predicted molar refractivity (Wildman–Crippen MR) is 63.9 cm³/mol. The molecule has 2 nitrogen and oxygen atoms in total. The van der Waals surface area contributed by atoms with Crippen LogP contribution >= 0.6 is 24.0 Å². The van der Waals surface area contributed by atoms with E-state index in [0.29, 0.717) is 0 Å². The third kappa shape index (κ3) is 2.82. The Morgan fingerprint density at radius 1 is 1.46 bits per heavy atom. The van der Waals surface area contributed by atoms with Crippen molar-refractivity contribution in [2.75, 3.05) is 19.1 Å². The van der Waals surface area contributed by atoms with Gasteiger partial charge < -0.3 is 4.90 Å². The van der Waals surface area contributed by atoms with Crippen LogP contribution in [0.4, 0.5) is 0 Å². The minimum Gasteiger partial charge on any atom is -0.340 e. The van der Waals surface area contributed by atoms with Crippen molar-refractivity contribution in [2.24, 2.45) is 0 Å². The van der Waals surface area contributed by atoms with E-state index in [1.807, 2.05) is 0 Å². The van der Waals surface area contributed by atoms with Gasteiger partial charge in [-0.1, -0.05) is 30.9 Å². The molecule has 0 saturated carbocycles. The lowest BCUT2D eigenvalue weighted by Gasteiger charge is -2.44. The molecule has 13 heavy (non-hydrogen) atoms. The van der Waals surface area contributed by atoms with E-state index in [4.69, 9.17) is 12.2 Å². The first kappa shape index (κ1) is 11.3. The second kappa shape index (κ2) is 4.15. The maximum atomic E-state index is 5.34. The summed E-state index contributed by atoms with van der Waals surface area (Å²) in [4.78, 5) is 4.69. The Morgan fingerprint density at radius 3 is 2.54 bits per heavy atom. The molecule has 1 saturated heterocycles. The Labute approximate surface area is 90.7 Å². The van der Waals surface area contributed by atoms with Crippen LogP contribution in [-0.2, 0) is 0 Å². The third-order valence-corrected chi connectivity index (χ3v) is 3.72. The molecule has 0 radical (unpaired) electrons. The summed E-state index contributed by atoms with van der Waals surface area (Å²) in [6.45, 7) is 10.9. The van der Waals surface area contributed by atoms with Crippen molar-refractivity contribution < 1.29 is 0 Å². The second-order valence-corrected chi connectivity index (χ2v) is 5.85. The molecule has 0 aromatic carbocycles. The highest BCUT2D eigenvalue weighted by molar-refractivity contribution is 8.22. The maximum Gasteiger partial charge on any atom is 0.139 e. The minimum atomic E-state index is 0.151. The first-order valence-corrected chi connectivity index (χ1v) is 6.01. The fourth-order valence-electron chi connectivity index (χ4n) is 1.20. The summed E-state index contributed by atoms with van der Waals surface area (Å²) in [5.74, 6) is 1.04. The summed E-state index contributed by atoms with van der Waals surface area (Å²) >= 11 is 7.11. The van der Waals surface area contributed by atoms with E-state index in [1.54, 1.807) is 11.8 Å². The highest BCUT2D eigenvalue weighted by Gasteiger charge is 2.29. The Bertz CT molecular complexity index is 198. The Hall–Kier alpha value is 0.200. The van der Waals surface area contributed by atoms with Gasteiger partial charge in [-0.3, -0.25) is 4.90 Å². The van der Waals surface area contributed by atoms with Crippen molar-refractivity contribution in [3.05, 3.63) is 0 Å². The van der Waals surface area contributed by atoms with Gasteiger partial charge in [0.05, 0.1) is 12.5 Å². The molecule has 4 heteroatoms. The largest absolute Gasteiger partial charge is 0.340 e. The van der Waals surface area contributed by atoms with Gasteiger partial charge in [-0.15, -0.1) is 0 Å². The average Bonchev–Trinajstić information content (AvgIpc) is 2.03. The normalized spacial score (nSPS) is 20.9. The zero-order valence-electron chi connectivity index (χ0n) is 8.83. The summed E-state index contributed by atoms with van der Waals surface area (Å²) in [6.07, 6.45) is 0. The number of nitrogens with zero attached hydrogens (tertiary/aromatic N) is 2. The number of hydrogen-bond donors (Lipinski definition) is 0. The molecular formula is C9H18N2S2. The van der Waals surface area contributed by atoms with Gasteiger partial charge in [0, 0.05) is 5.54 Å². The molecular weight excluding hydrogens is 200 g/mol. The third-order valence-electron chi connectivity index (χ3n) is 2.19. The molecule has 0 aliphatic carbocycles. The molecule has 0 spiro atoms. The van der Waals surface area contributed by atoms with Gasteiger partial charge in [0.25, 0.3) is 0 Å². The smallest absolute Gasteiger partial charge is 0.139 e. The van der Waals surface area contributed by atoms with Crippen LogP contribution < -0.4 is 0 Å². The molecule has 0 aromatic heterocycles. The molecule has 1 aliphatic heterocycles. The number of thioether (sulfide) groups is 1. The Morgan fingerprint density at radius 2 is 2.08 bits per heavy atom. The SMILES string of the molecule is CCN1CSC(=S)N(C(C)(C)C)C1. The van der Waals surface area contributed by atoms with Crippen molar-refractivity contribution in [1.82, 2.24) is 9.80 Å². The summed E-state index contributed by atoms with van der Waals surface area (Å²) in [7, 11) is 0. The van der Waals surface area contributed by atoms with Gasteiger partial charge >= 0.3 is 0 Å². The molecule has 1 fully saturated rings. The Kier molecular flexibility index (Phi) is 3.60. The zero-order valence-corrected chi connectivity index (χ0v) is 10.5. The van der Waals surface area contributed by atoms with E-state index in [0.717, 1.165) is 23.4 Å². The van der Waals surface area contributed by atoms with Crippen molar-refractivity contribution in [3.63, 3.8) is 0 Å². The van der Waals surface area contributed by atoms with Crippen LogP contribution in [0.3, 0.4) is 0 Å². The average molecular weight is 218 g/mol. The molecule has 0 N–H and O–H groups in total. The standard InChI is InChI=1S/C9H18N2S2/c1-5-10-6-11(9(2,3)4)8(12)13-7-10/h5-7H2,1-4H3. The lowest BCUT2D eigenvalue weighted by Crippen LogP contribution is -2.52. The van der Waals surface area contributed by atoms with Gasteiger partial charge in [-0.2, -0.15) is 0 Å². The van der Waals surface area contributed by atoms with Crippen molar-refractivity contribution in [1.29, 1.82) is 0 Å². The van der Waals surface area contributed by atoms with E-state index in [1.165, 1.54) is 0 Å². The lowest BCUT2D eigenvalue weighted by molar-refractivity contribution is 0.142. The molecule has 1 heterocycles. The van der Waals surface area contributed by atoms with Crippen molar-refractivity contribution in [3.8, 4) is 0 Å². The van der Waals surface area contributed by atoms with Crippen LogP contribution in [0.15, 0.2) is 0 Å². The van der Waals surface area contributed by atoms with Crippen LogP contribution in [0, 0.1) is 0 Å². The maximum absolute atomic E-state index is 5.34. The number of hydrogen-bond acceptors (Lipinski definition) is 3. The summed E-state index contributed by atoms with van der Waals surface area (Å²) in [5, 5.41) is 0. The molecule has 0 aromatic rings. The van der Waals surface area contributed by atoms with Crippen molar-refractivity contribution in [2.45, 2.75) is 33.2 Å². The van der Waals surface area contributed by atoms with Gasteiger partial charge in [0.1, 0.15) is 4.32 Å². The zero-order chi connectivity index (χ0) is 10.1. The lowest BCUT2D eigenvalue weighted by atomic mass is 10.1. The van der Waals surface area contributed by atoms with E-state index in [9.17, 15) is 0 Å². The van der Waals surface area contributed by atoms with Gasteiger partial charge in [0.15, 0.2) is 0 Å². The monoisotopic (exact) mass is 218 g/mol. The van der Waals surface area contributed by atoms with Gasteiger partial charge in [0.2, 0.25) is 0 Å². The van der Waals surface area contributed by atoms with E-state index >= 15 is 0 Å².